The van der Waals surface area contributed by atoms with Gasteiger partial charge in [0, 0.05) is 25.0 Å². The molecule has 0 amide bonds. The molecule has 222 valence electrons. The van der Waals surface area contributed by atoms with Gasteiger partial charge in [-0.2, -0.15) is 0 Å². The molecule has 0 radical (unpaired) electrons. The molecule has 0 spiro atoms. The number of rotatable bonds is 7. The summed E-state index contributed by atoms with van der Waals surface area (Å²) in [5.41, 5.74) is 1.89. The van der Waals surface area contributed by atoms with E-state index in [2.05, 4.69) is 19.1 Å². The molecular formula is C33H42O8. The SMILES string of the molecule is COCOc1cc(OCc2ccc(OC)cc2)cc2c1C(=O)O[C@@H](C)[C@H](C)/C=C\[C@@H](C)C1OC(C)(C)O[C@H]1CC=C2. The minimum absolute atomic E-state index is 0.0208. The maximum absolute atomic E-state index is 13.6. The first kappa shape index (κ1) is 30.6. The van der Waals surface area contributed by atoms with Gasteiger partial charge in [0.2, 0.25) is 0 Å². The van der Waals surface area contributed by atoms with Crippen LogP contribution in [0.25, 0.3) is 6.08 Å². The first-order valence-electron chi connectivity index (χ1n) is 14.1. The van der Waals surface area contributed by atoms with Gasteiger partial charge < -0.3 is 33.2 Å². The maximum atomic E-state index is 13.6. The summed E-state index contributed by atoms with van der Waals surface area (Å²) in [4.78, 5) is 13.6. The van der Waals surface area contributed by atoms with Gasteiger partial charge in [-0.3, -0.25) is 0 Å². The van der Waals surface area contributed by atoms with Crippen LogP contribution in [-0.4, -0.2) is 51.1 Å². The van der Waals surface area contributed by atoms with Crippen LogP contribution < -0.4 is 14.2 Å². The molecule has 8 nitrogen and oxygen atoms in total. The fraction of sp³-hybridized carbons (Fsp3) is 0.485. The summed E-state index contributed by atoms with van der Waals surface area (Å²) < 4.78 is 40.9. The molecule has 1 fully saturated rings. The number of hydrogen-bond acceptors (Lipinski definition) is 8. The highest BCUT2D eigenvalue weighted by atomic mass is 16.8. The molecule has 4 rings (SSSR count). The van der Waals surface area contributed by atoms with E-state index in [1.807, 2.05) is 70.2 Å². The summed E-state index contributed by atoms with van der Waals surface area (Å²) in [5.74, 6) is 0.569. The van der Waals surface area contributed by atoms with Gasteiger partial charge in [-0.25, -0.2) is 4.79 Å². The first-order chi connectivity index (χ1) is 19.6. The number of esters is 1. The quantitative estimate of drug-likeness (QED) is 0.212. The highest BCUT2D eigenvalue weighted by Gasteiger charge is 2.42. The molecule has 8 heteroatoms. The highest BCUT2D eigenvalue weighted by Crippen LogP contribution is 2.36. The van der Waals surface area contributed by atoms with E-state index in [0.717, 1.165) is 11.3 Å². The van der Waals surface area contributed by atoms with E-state index < -0.39 is 11.8 Å². The van der Waals surface area contributed by atoms with Crippen molar-refractivity contribution in [2.75, 3.05) is 21.0 Å². The predicted molar refractivity (Wildman–Crippen MR) is 156 cm³/mol. The van der Waals surface area contributed by atoms with Crippen LogP contribution in [0.4, 0.5) is 0 Å². The third-order valence-electron chi connectivity index (χ3n) is 7.36. The Kier molecular flexibility index (Phi) is 10.1. The van der Waals surface area contributed by atoms with Crippen LogP contribution >= 0.6 is 0 Å². The van der Waals surface area contributed by atoms with Crippen molar-refractivity contribution in [3.8, 4) is 17.2 Å². The minimum Gasteiger partial charge on any atom is -0.497 e. The fourth-order valence-corrected chi connectivity index (χ4v) is 4.94. The van der Waals surface area contributed by atoms with E-state index in [1.165, 1.54) is 7.11 Å². The summed E-state index contributed by atoms with van der Waals surface area (Å²) in [6.45, 7) is 10.2. The average molecular weight is 567 g/mol. The Morgan fingerprint density at radius 1 is 0.927 bits per heavy atom. The standard InChI is InChI=1S/C33H42O8/c1-21-11-12-22(2)31-28(40-33(4,5)41-31)10-8-9-25-17-27(37-19-24-13-15-26(36-7)16-14-24)18-29(38-20-35-6)30(25)32(34)39-23(21)3/h8-9,11-18,21-23,28,31H,10,19-20H2,1-7H3/b9-8?,12-11-/t21-,22-,23+,28+,31?/m1/s1. The molecule has 1 unspecified atom stereocenters. The van der Waals surface area contributed by atoms with E-state index in [1.54, 1.807) is 13.2 Å². The molecular weight excluding hydrogens is 524 g/mol. The van der Waals surface area contributed by atoms with Gasteiger partial charge in [0.05, 0.1) is 19.3 Å². The van der Waals surface area contributed by atoms with Crippen LogP contribution in [0.1, 0.15) is 62.5 Å². The topological polar surface area (TPSA) is 81.7 Å². The largest absolute Gasteiger partial charge is 0.497 e. The number of methoxy groups -OCH3 is 2. The van der Waals surface area contributed by atoms with Gasteiger partial charge in [-0.15, -0.1) is 0 Å². The zero-order valence-corrected chi connectivity index (χ0v) is 25.0. The van der Waals surface area contributed by atoms with Crippen molar-refractivity contribution in [3.63, 3.8) is 0 Å². The Balaban J connectivity index is 1.71. The first-order valence-corrected chi connectivity index (χ1v) is 14.1. The number of ether oxygens (including phenoxy) is 7. The Morgan fingerprint density at radius 2 is 1.66 bits per heavy atom. The van der Waals surface area contributed by atoms with Crippen molar-refractivity contribution >= 4 is 12.0 Å². The summed E-state index contributed by atoms with van der Waals surface area (Å²) in [7, 11) is 3.16. The van der Waals surface area contributed by atoms with Crippen LogP contribution in [0.3, 0.4) is 0 Å². The number of cyclic esters (lactones) is 1. The number of carbonyl (C=O) groups excluding carboxylic acids is 1. The van der Waals surface area contributed by atoms with Crippen LogP contribution in [-0.2, 0) is 25.6 Å². The van der Waals surface area contributed by atoms with Crippen molar-refractivity contribution in [2.45, 2.75) is 71.7 Å². The fourth-order valence-electron chi connectivity index (χ4n) is 4.94. The average Bonchev–Trinajstić information content (AvgIpc) is 3.27. The zero-order valence-electron chi connectivity index (χ0n) is 25.0. The van der Waals surface area contributed by atoms with E-state index in [4.69, 9.17) is 33.2 Å². The van der Waals surface area contributed by atoms with Gasteiger partial charge in [-0.1, -0.05) is 50.3 Å². The van der Waals surface area contributed by atoms with Crippen LogP contribution in [0.2, 0.25) is 0 Å². The Labute approximate surface area is 243 Å². The lowest BCUT2D eigenvalue weighted by molar-refractivity contribution is -0.148. The second-order valence-electron chi connectivity index (χ2n) is 11.1. The smallest absolute Gasteiger partial charge is 0.342 e. The molecule has 2 aromatic carbocycles. The number of hydrogen-bond donors (Lipinski definition) is 0. The van der Waals surface area contributed by atoms with E-state index >= 15 is 0 Å². The summed E-state index contributed by atoms with van der Waals surface area (Å²) in [5, 5.41) is 0. The monoisotopic (exact) mass is 566 g/mol. The Hall–Kier alpha value is -3.33. The van der Waals surface area contributed by atoms with Gasteiger partial charge >= 0.3 is 5.97 Å². The molecule has 5 atom stereocenters. The lowest BCUT2D eigenvalue weighted by Gasteiger charge is -2.23. The van der Waals surface area contributed by atoms with Crippen LogP contribution in [0.5, 0.6) is 17.2 Å². The molecule has 0 N–H and O–H groups in total. The minimum atomic E-state index is -0.682. The lowest BCUT2D eigenvalue weighted by atomic mass is 9.94. The second kappa shape index (κ2) is 13.6. The number of fused-ring (bicyclic) bond motifs is 2. The molecule has 1 saturated heterocycles. The van der Waals surface area contributed by atoms with Gasteiger partial charge in [0.25, 0.3) is 0 Å². The Morgan fingerprint density at radius 3 is 2.37 bits per heavy atom. The van der Waals surface area contributed by atoms with Crippen molar-refractivity contribution in [2.24, 2.45) is 11.8 Å². The molecule has 2 aliphatic rings. The van der Waals surface area contributed by atoms with E-state index in [9.17, 15) is 4.79 Å². The Bertz CT molecular complexity index is 1230. The van der Waals surface area contributed by atoms with Crippen molar-refractivity contribution in [3.05, 3.63) is 71.3 Å². The van der Waals surface area contributed by atoms with Crippen LogP contribution in [0, 0.1) is 11.8 Å². The third-order valence-corrected chi connectivity index (χ3v) is 7.36. The second-order valence-corrected chi connectivity index (χ2v) is 11.1. The van der Waals surface area contributed by atoms with Crippen molar-refractivity contribution in [1.29, 1.82) is 0 Å². The van der Waals surface area contributed by atoms with Gasteiger partial charge in [0.1, 0.15) is 35.5 Å². The van der Waals surface area contributed by atoms with E-state index in [-0.39, 0.29) is 36.9 Å². The predicted octanol–water partition coefficient (Wildman–Crippen LogP) is 6.57. The summed E-state index contributed by atoms with van der Waals surface area (Å²) in [6, 6.07) is 11.2. The third kappa shape index (κ3) is 7.91. The van der Waals surface area contributed by atoms with Crippen LogP contribution in [0.15, 0.2) is 54.6 Å². The highest BCUT2D eigenvalue weighted by molar-refractivity contribution is 5.97. The van der Waals surface area contributed by atoms with Crippen molar-refractivity contribution in [1.82, 2.24) is 0 Å². The van der Waals surface area contributed by atoms with Gasteiger partial charge in [-0.05, 0) is 56.5 Å². The molecule has 0 aliphatic carbocycles. The zero-order chi connectivity index (χ0) is 29.6. The molecule has 0 bridgehead atoms. The molecule has 2 heterocycles. The molecule has 41 heavy (non-hydrogen) atoms. The van der Waals surface area contributed by atoms with E-state index in [0.29, 0.717) is 35.7 Å². The van der Waals surface area contributed by atoms with Gasteiger partial charge in [0.15, 0.2) is 12.6 Å². The number of benzene rings is 2. The molecule has 0 aromatic heterocycles. The molecule has 0 saturated carbocycles. The normalized spacial score (nSPS) is 26.7. The summed E-state index contributed by atoms with van der Waals surface area (Å²) >= 11 is 0. The molecule has 2 aliphatic heterocycles. The molecule has 2 aromatic rings. The lowest BCUT2D eigenvalue weighted by Crippen LogP contribution is -2.29. The number of carbonyl (C=O) groups is 1. The summed E-state index contributed by atoms with van der Waals surface area (Å²) in [6.07, 6.45) is 8.05. The maximum Gasteiger partial charge on any atom is 0.342 e. The van der Waals surface area contributed by atoms with Crippen molar-refractivity contribution < 1.29 is 38.0 Å².